The summed E-state index contributed by atoms with van der Waals surface area (Å²) in [4.78, 5) is 31.3. The second kappa shape index (κ2) is 8.19. The summed E-state index contributed by atoms with van der Waals surface area (Å²) in [5.41, 5.74) is 5.05. The van der Waals surface area contributed by atoms with Crippen LogP contribution in [0.15, 0.2) is 90.6 Å². The van der Waals surface area contributed by atoms with Gasteiger partial charge >= 0.3 is 0 Å². The monoisotopic (exact) mass is 421 g/mol. The first kappa shape index (κ1) is 19.8. The molecule has 1 saturated heterocycles. The molecule has 2 heterocycles. The lowest BCUT2D eigenvalue weighted by molar-refractivity contribution is -0.142. The molecular weight excluding hydrogens is 398 g/mol. The first-order valence-corrected chi connectivity index (χ1v) is 10.7. The Bertz CT molecular complexity index is 1320. The number of piperazine rings is 1. The number of aromatic nitrogens is 1. The second-order valence-electron chi connectivity index (χ2n) is 7.97. The number of fused-ring (bicyclic) bond motifs is 1. The summed E-state index contributed by atoms with van der Waals surface area (Å²) in [6, 6.07) is 27.1. The fourth-order valence-corrected chi connectivity index (χ4v) is 4.14. The molecule has 1 fully saturated rings. The van der Waals surface area contributed by atoms with Gasteiger partial charge in [0.1, 0.15) is 11.7 Å². The van der Waals surface area contributed by atoms with Gasteiger partial charge < -0.3 is 15.2 Å². The molecule has 2 amide bonds. The van der Waals surface area contributed by atoms with Crippen molar-refractivity contribution in [1.29, 1.82) is 0 Å². The standard InChI is InChI=1S/C27H23N3O2/c1-18-26(31)29-24(27(32)30(18)17-19-10-4-2-5-11-19)16-22-21-14-8-9-15-23(21)28-25(22)20-12-6-3-7-13-20/h2-16,18,28H,17H2,1H3,(H,29,31)/b24-16-/t18-/m0/s1. The zero-order valence-electron chi connectivity index (χ0n) is 17.7. The van der Waals surface area contributed by atoms with E-state index in [1.54, 1.807) is 17.9 Å². The molecule has 0 saturated carbocycles. The molecule has 1 aliphatic rings. The van der Waals surface area contributed by atoms with Gasteiger partial charge in [0, 0.05) is 23.0 Å². The van der Waals surface area contributed by atoms with Gasteiger partial charge in [0.05, 0.1) is 5.69 Å². The molecule has 0 bridgehead atoms. The first-order valence-electron chi connectivity index (χ1n) is 10.7. The largest absolute Gasteiger partial charge is 0.354 e. The Morgan fingerprint density at radius 3 is 2.28 bits per heavy atom. The molecule has 2 N–H and O–H groups in total. The number of amides is 2. The average molecular weight is 422 g/mol. The van der Waals surface area contributed by atoms with Gasteiger partial charge in [0.15, 0.2) is 0 Å². The summed E-state index contributed by atoms with van der Waals surface area (Å²) >= 11 is 0. The maximum atomic E-state index is 13.4. The van der Waals surface area contributed by atoms with Crippen LogP contribution in [-0.2, 0) is 16.1 Å². The highest BCUT2D eigenvalue weighted by Gasteiger charge is 2.34. The zero-order valence-corrected chi connectivity index (χ0v) is 17.7. The van der Waals surface area contributed by atoms with Crippen LogP contribution in [0, 0.1) is 0 Å². The fourth-order valence-electron chi connectivity index (χ4n) is 4.14. The number of H-pyrrole nitrogens is 1. The average Bonchev–Trinajstić information content (AvgIpc) is 3.20. The molecule has 1 aliphatic heterocycles. The summed E-state index contributed by atoms with van der Waals surface area (Å²) in [6.45, 7) is 2.14. The topological polar surface area (TPSA) is 65.2 Å². The molecular formula is C27H23N3O2. The Hall–Kier alpha value is -4.12. The molecule has 158 valence electrons. The predicted molar refractivity (Wildman–Crippen MR) is 126 cm³/mol. The third kappa shape index (κ3) is 3.58. The van der Waals surface area contributed by atoms with Crippen molar-refractivity contribution in [3.63, 3.8) is 0 Å². The van der Waals surface area contributed by atoms with Gasteiger partial charge in [0.2, 0.25) is 5.91 Å². The van der Waals surface area contributed by atoms with Gasteiger partial charge in [-0.2, -0.15) is 0 Å². The van der Waals surface area contributed by atoms with Crippen LogP contribution in [0.5, 0.6) is 0 Å². The molecule has 5 nitrogen and oxygen atoms in total. The molecule has 5 rings (SSSR count). The molecule has 0 radical (unpaired) electrons. The molecule has 5 heteroatoms. The van der Waals surface area contributed by atoms with Crippen molar-refractivity contribution >= 4 is 28.8 Å². The Morgan fingerprint density at radius 1 is 0.875 bits per heavy atom. The SMILES string of the molecule is C[C@H]1C(=O)N/C(=C\c2c(-c3ccccc3)[nH]c3ccccc23)C(=O)N1Cc1ccccc1. The minimum atomic E-state index is -0.545. The van der Waals surface area contributed by atoms with E-state index in [4.69, 9.17) is 0 Å². The van der Waals surface area contributed by atoms with Crippen molar-refractivity contribution in [2.75, 3.05) is 0 Å². The van der Waals surface area contributed by atoms with Gasteiger partial charge in [-0.25, -0.2) is 0 Å². The number of para-hydroxylation sites is 1. The van der Waals surface area contributed by atoms with Crippen LogP contribution in [0.1, 0.15) is 18.1 Å². The van der Waals surface area contributed by atoms with E-state index in [1.807, 2.05) is 84.9 Å². The lowest BCUT2D eigenvalue weighted by Crippen LogP contribution is -2.55. The molecule has 1 atom stereocenters. The Balaban J connectivity index is 1.60. The van der Waals surface area contributed by atoms with Gasteiger partial charge in [0.25, 0.3) is 5.91 Å². The smallest absolute Gasteiger partial charge is 0.271 e. The number of rotatable bonds is 4. The normalized spacial score (nSPS) is 17.7. The minimum absolute atomic E-state index is 0.187. The number of nitrogens with zero attached hydrogens (tertiary/aromatic N) is 1. The molecule has 3 aromatic carbocycles. The van der Waals surface area contributed by atoms with Crippen molar-refractivity contribution in [3.05, 3.63) is 102 Å². The highest BCUT2D eigenvalue weighted by atomic mass is 16.2. The minimum Gasteiger partial charge on any atom is -0.354 e. The van der Waals surface area contributed by atoms with Gasteiger partial charge in [-0.1, -0.05) is 78.9 Å². The van der Waals surface area contributed by atoms with Crippen LogP contribution in [0.4, 0.5) is 0 Å². The van der Waals surface area contributed by atoms with Crippen LogP contribution >= 0.6 is 0 Å². The van der Waals surface area contributed by atoms with E-state index in [2.05, 4.69) is 10.3 Å². The van der Waals surface area contributed by atoms with E-state index in [0.29, 0.717) is 6.54 Å². The number of aromatic amines is 1. The molecule has 1 aromatic heterocycles. The lowest BCUT2D eigenvalue weighted by atomic mass is 10.0. The second-order valence-corrected chi connectivity index (χ2v) is 7.97. The zero-order chi connectivity index (χ0) is 22.1. The predicted octanol–water partition coefficient (Wildman–Crippen LogP) is 4.72. The summed E-state index contributed by atoms with van der Waals surface area (Å²) < 4.78 is 0. The number of carbonyl (C=O) groups is 2. The molecule has 0 unspecified atom stereocenters. The third-order valence-corrected chi connectivity index (χ3v) is 5.89. The van der Waals surface area contributed by atoms with E-state index < -0.39 is 6.04 Å². The van der Waals surface area contributed by atoms with E-state index in [9.17, 15) is 9.59 Å². The quantitative estimate of drug-likeness (QED) is 0.468. The Morgan fingerprint density at radius 2 is 1.53 bits per heavy atom. The van der Waals surface area contributed by atoms with Crippen molar-refractivity contribution < 1.29 is 9.59 Å². The van der Waals surface area contributed by atoms with Crippen molar-refractivity contribution in [1.82, 2.24) is 15.2 Å². The maximum Gasteiger partial charge on any atom is 0.271 e. The number of benzene rings is 3. The molecule has 32 heavy (non-hydrogen) atoms. The van der Waals surface area contributed by atoms with E-state index in [-0.39, 0.29) is 17.5 Å². The molecule has 0 spiro atoms. The van der Waals surface area contributed by atoms with E-state index in [1.165, 1.54) is 0 Å². The number of hydrogen-bond donors (Lipinski definition) is 2. The highest BCUT2D eigenvalue weighted by molar-refractivity contribution is 6.09. The molecule has 0 aliphatic carbocycles. The lowest BCUT2D eigenvalue weighted by Gasteiger charge is -2.34. The summed E-state index contributed by atoms with van der Waals surface area (Å²) in [7, 11) is 0. The van der Waals surface area contributed by atoms with Gasteiger partial charge in [-0.3, -0.25) is 9.59 Å². The Labute approximate surface area is 186 Å². The maximum absolute atomic E-state index is 13.4. The first-order chi connectivity index (χ1) is 15.6. The number of carbonyl (C=O) groups excluding carboxylic acids is 2. The van der Waals surface area contributed by atoms with Crippen LogP contribution in [0.2, 0.25) is 0 Å². The molecule has 4 aromatic rings. The van der Waals surface area contributed by atoms with Crippen LogP contribution in [0.3, 0.4) is 0 Å². The fraction of sp³-hybridized carbons (Fsp3) is 0.111. The third-order valence-electron chi connectivity index (χ3n) is 5.89. The van der Waals surface area contributed by atoms with Crippen molar-refractivity contribution in [2.24, 2.45) is 0 Å². The summed E-state index contributed by atoms with van der Waals surface area (Å²) in [5.74, 6) is -0.377. The van der Waals surface area contributed by atoms with E-state index >= 15 is 0 Å². The van der Waals surface area contributed by atoms with E-state index in [0.717, 1.165) is 33.3 Å². The van der Waals surface area contributed by atoms with Crippen molar-refractivity contribution in [2.45, 2.75) is 19.5 Å². The van der Waals surface area contributed by atoms with Gasteiger partial charge in [-0.05, 0) is 30.2 Å². The van der Waals surface area contributed by atoms with Gasteiger partial charge in [-0.15, -0.1) is 0 Å². The Kier molecular flexibility index (Phi) is 5.07. The van der Waals surface area contributed by atoms with Crippen molar-refractivity contribution in [3.8, 4) is 11.3 Å². The van der Waals surface area contributed by atoms with Crippen LogP contribution in [0.25, 0.3) is 28.2 Å². The summed E-state index contributed by atoms with van der Waals surface area (Å²) in [5, 5.41) is 3.82. The van der Waals surface area contributed by atoms with Crippen LogP contribution < -0.4 is 5.32 Å². The summed E-state index contributed by atoms with van der Waals surface area (Å²) in [6.07, 6.45) is 1.80. The van der Waals surface area contributed by atoms with Crippen LogP contribution in [-0.4, -0.2) is 27.7 Å². The number of hydrogen-bond acceptors (Lipinski definition) is 2. The number of nitrogens with one attached hydrogen (secondary N) is 2. The highest BCUT2D eigenvalue weighted by Crippen LogP contribution is 2.32.